The van der Waals surface area contributed by atoms with E-state index in [-0.39, 0.29) is 23.8 Å². The zero-order chi connectivity index (χ0) is 16.9. The van der Waals surface area contributed by atoms with E-state index in [1.807, 2.05) is 39.5 Å². The first-order chi connectivity index (χ1) is 10.2. The van der Waals surface area contributed by atoms with Crippen molar-refractivity contribution < 1.29 is 9.59 Å². The number of rotatable bonds is 6. The highest BCUT2D eigenvalue weighted by atomic mass is 16.2. The third-order valence-electron chi connectivity index (χ3n) is 4.44. The van der Waals surface area contributed by atoms with Gasteiger partial charge in [0.2, 0.25) is 11.8 Å². The fraction of sp³-hybridized carbons (Fsp3) is 0.882. The molecule has 1 heterocycles. The number of nitrogens with zero attached hydrogens (tertiary/aromatic N) is 1. The van der Waals surface area contributed by atoms with Gasteiger partial charge in [0, 0.05) is 25.6 Å². The summed E-state index contributed by atoms with van der Waals surface area (Å²) in [7, 11) is 0. The first kappa shape index (κ1) is 18.9. The molecule has 0 aliphatic carbocycles. The molecule has 0 aromatic rings. The van der Waals surface area contributed by atoms with Gasteiger partial charge in [-0.15, -0.1) is 0 Å². The summed E-state index contributed by atoms with van der Waals surface area (Å²) in [6.07, 6.45) is 2.37. The Balaban J connectivity index is 2.61. The number of hydrogen-bond acceptors (Lipinski definition) is 3. The molecular formula is C17H33N3O2. The Hall–Kier alpha value is -1.10. The normalized spacial score (nSPS) is 19.4. The molecule has 3 N–H and O–H groups in total. The van der Waals surface area contributed by atoms with Crippen LogP contribution in [-0.2, 0) is 9.59 Å². The summed E-state index contributed by atoms with van der Waals surface area (Å²) in [4.78, 5) is 26.6. The lowest BCUT2D eigenvalue weighted by molar-refractivity contribution is -0.139. The van der Waals surface area contributed by atoms with Crippen molar-refractivity contribution in [1.29, 1.82) is 0 Å². The molecule has 0 radical (unpaired) electrons. The molecule has 2 unspecified atom stereocenters. The van der Waals surface area contributed by atoms with E-state index in [1.165, 1.54) is 0 Å². The molecule has 1 fully saturated rings. The van der Waals surface area contributed by atoms with E-state index < -0.39 is 6.04 Å². The Labute approximate surface area is 135 Å². The van der Waals surface area contributed by atoms with Crippen LogP contribution in [0, 0.1) is 17.8 Å². The summed E-state index contributed by atoms with van der Waals surface area (Å²) in [6, 6.07) is -0.234. The SMILES string of the molecule is CC(C)CC(=O)NC(C(=O)N1CCC(C(C)N)CC1)C(C)C. The lowest BCUT2D eigenvalue weighted by atomic mass is 9.90. The van der Waals surface area contributed by atoms with Crippen LogP contribution in [-0.4, -0.2) is 41.9 Å². The standard InChI is InChI=1S/C17H33N3O2/c1-11(2)10-15(21)19-16(12(3)4)17(22)20-8-6-14(7-9-20)13(5)18/h11-14,16H,6-10,18H2,1-5H3,(H,19,21). The highest BCUT2D eigenvalue weighted by Gasteiger charge is 2.31. The van der Waals surface area contributed by atoms with Gasteiger partial charge in [-0.05, 0) is 37.5 Å². The van der Waals surface area contributed by atoms with Gasteiger partial charge in [0.1, 0.15) is 6.04 Å². The summed E-state index contributed by atoms with van der Waals surface area (Å²) >= 11 is 0. The lowest BCUT2D eigenvalue weighted by Crippen LogP contribution is -2.53. The van der Waals surface area contributed by atoms with Gasteiger partial charge < -0.3 is 16.0 Å². The second-order valence-corrected chi connectivity index (χ2v) is 7.41. The summed E-state index contributed by atoms with van der Waals surface area (Å²) in [5.41, 5.74) is 5.95. The fourth-order valence-electron chi connectivity index (χ4n) is 2.96. The Morgan fingerprint density at radius 1 is 1.14 bits per heavy atom. The number of carbonyl (C=O) groups is 2. The number of amides is 2. The van der Waals surface area contributed by atoms with Crippen LogP contribution in [0.5, 0.6) is 0 Å². The van der Waals surface area contributed by atoms with E-state index in [1.54, 1.807) is 0 Å². The van der Waals surface area contributed by atoms with Gasteiger partial charge in [-0.1, -0.05) is 27.7 Å². The molecule has 1 aliphatic heterocycles. The highest BCUT2D eigenvalue weighted by molar-refractivity contribution is 5.88. The van der Waals surface area contributed by atoms with Crippen molar-refractivity contribution in [2.75, 3.05) is 13.1 Å². The van der Waals surface area contributed by atoms with Crippen LogP contribution in [0.2, 0.25) is 0 Å². The molecule has 1 rings (SSSR count). The molecule has 22 heavy (non-hydrogen) atoms. The number of nitrogens with one attached hydrogen (secondary N) is 1. The second-order valence-electron chi connectivity index (χ2n) is 7.41. The molecule has 1 aliphatic rings. The number of piperidine rings is 1. The first-order valence-corrected chi connectivity index (χ1v) is 8.56. The number of hydrogen-bond donors (Lipinski definition) is 2. The Kier molecular flexibility index (Phi) is 7.33. The van der Waals surface area contributed by atoms with Gasteiger partial charge in [0.25, 0.3) is 0 Å². The van der Waals surface area contributed by atoms with Crippen molar-refractivity contribution in [3.05, 3.63) is 0 Å². The number of carbonyl (C=O) groups excluding carboxylic acids is 2. The monoisotopic (exact) mass is 311 g/mol. The van der Waals surface area contributed by atoms with E-state index in [9.17, 15) is 9.59 Å². The van der Waals surface area contributed by atoms with E-state index in [0.717, 1.165) is 25.9 Å². The minimum Gasteiger partial charge on any atom is -0.344 e. The minimum absolute atomic E-state index is 0.0347. The van der Waals surface area contributed by atoms with Crippen molar-refractivity contribution in [2.45, 2.75) is 66.0 Å². The Morgan fingerprint density at radius 2 is 1.68 bits per heavy atom. The van der Waals surface area contributed by atoms with Crippen LogP contribution in [0.25, 0.3) is 0 Å². The highest BCUT2D eigenvalue weighted by Crippen LogP contribution is 2.21. The predicted octanol–water partition coefficient (Wildman–Crippen LogP) is 1.76. The molecule has 0 spiro atoms. The Bertz CT molecular complexity index is 372. The van der Waals surface area contributed by atoms with Crippen molar-refractivity contribution in [3.8, 4) is 0 Å². The predicted molar refractivity (Wildman–Crippen MR) is 89.2 cm³/mol. The summed E-state index contributed by atoms with van der Waals surface area (Å²) in [6.45, 7) is 11.5. The van der Waals surface area contributed by atoms with Gasteiger partial charge >= 0.3 is 0 Å². The minimum atomic E-state index is -0.418. The molecule has 0 bridgehead atoms. The van der Waals surface area contributed by atoms with Gasteiger partial charge in [0.15, 0.2) is 0 Å². The molecule has 5 nitrogen and oxygen atoms in total. The topological polar surface area (TPSA) is 75.4 Å². The largest absolute Gasteiger partial charge is 0.344 e. The van der Waals surface area contributed by atoms with Crippen molar-refractivity contribution in [2.24, 2.45) is 23.5 Å². The fourth-order valence-corrected chi connectivity index (χ4v) is 2.96. The summed E-state index contributed by atoms with van der Waals surface area (Å²) in [5.74, 6) is 0.902. The van der Waals surface area contributed by atoms with E-state index in [0.29, 0.717) is 18.3 Å². The molecule has 0 aromatic carbocycles. The van der Waals surface area contributed by atoms with Gasteiger partial charge in [-0.2, -0.15) is 0 Å². The maximum Gasteiger partial charge on any atom is 0.245 e. The molecular weight excluding hydrogens is 278 g/mol. The maximum atomic E-state index is 12.7. The molecule has 0 aromatic heterocycles. The molecule has 128 valence electrons. The van der Waals surface area contributed by atoms with Gasteiger partial charge in [-0.25, -0.2) is 0 Å². The second kappa shape index (κ2) is 8.51. The van der Waals surface area contributed by atoms with E-state index in [4.69, 9.17) is 5.73 Å². The van der Waals surface area contributed by atoms with Crippen LogP contribution >= 0.6 is 0 Å². The number of nitrogens with two attached hydrogens (primary N) is 1. The van der Waals surface area contributed by atoms with Crippen molar-refractivity contribution in [3.63, 3.8) is 0 Å². The first-order valence-electron chi connectivity index (χ1n) is 8.56. The lowest BCUT2D eigenvalue weighted by Gasteiger charge is -2.36. The third kappa shape index (κ3) is 5.59. The third-order valence-corrected chi connectivity index (χ3v) is 4.44. The zero-order valence-electron chi connectivity index (χ0n) is 14.8. The molecule has 0 saturated carbocycles. The van der Waals surface area contributed by atoms with Gasteiger partial charge in [0.05, 0.1) is 0 Å². The van der Waals surface area contributed by atoms with Crippen LogP contribution in [0.15, 0.2) is 0 Å². The molecule has 5 heteroatoms. The van der Waals surface area contributed by atoms with Crippen LogP contribution < -0.4 is 11.1 Å². The number of likely N-dealkylation sites (tertiary alicyclic amines) is 1. The van der Waals surface area contributed by atoms with E-state index >= 15 is 0 Å². The van der Waals surface area contributed by atoms with Crippen LogP contribution in [0.3, 0.4) is 0 Å². The van der Waals surface area contributed by atoms with Crippen LogP contribution in [0.4, 0.5) is 0 Å². The molecule has 2 atom stereocenters. The average molecular weight is 311 g/mol. The van der Waals surface area contributed by atoms with Gasteiger partial charge in [-0.3, -0.25) is 9.59 Å². The van der Waals surface area contributed by atoms with Crippen molar-refractivity contribution in [1.82, 2.24) is 10.2 Å². The maximum absolute atomic E-state index is 12.7. The molecule has 1 saturated heterocycles. The smallest absolute Gasteiger partial charge is 0.245 e. The Morgan fingerprint density at radius 3 is 2.09 bits per heavy atom. The summed E-state index contributed by atoms with van der Waals surface area (Å²) in [5, 5.41) is 2.92. The van der Waals surface area contributed by atoms with Crippen LogP contribution in [0.1, 0.15) is 53.9 Å². The zero-order valence-corrected chi connectivity index (χ0v) is 14.8. The van der Waals surface area contributed by atoms with E-state index in [2.05, 4.69) is 5.32 Å². The summed E-state index contributed by atoms with van der Waals surface area (Å²) < 4.78 is 0. The quantitative estimate of drug-likeness (QED) is 0.785. The molecule has 2 amide bonds. The van der Waals surface area contributed by atoms with Crippen molar-refractivity contribution >= 4 is 11.8 Å². The average Bonchev–Trinajstić information content (AvgIpc) is 2.43.